The fraction of sp³-hybridized carbons (Fsp3) is 0.167. The van der Waals surface area contributed by atoms with Crippen LogP contribution in [0.25, 0.3) is 6.08 Å². The van der Waals surface area contributed by atoms with Crippen LogP contribution in [0.3, 0.4) is 0 Å². The summed E-state index contributed by atoms with van der Waals surface area (Å²) in [5.74, 6) is 0.103. The van der Waals surface area contributed by atoms with E-state index >= 15 is 0 Å². The van der Waals surface area contributed by atoms with Crippen LogP contribution in [0, 0.1) is 12.7 Å². The fourth-order valence-electron chi connectivity index (χ4n) is 2.39. The summed E-state index contributed by atoms with van der Waals surface area (Å²) < 4.78 is 19.0. The molecule has 0 unspecified atom stereocenters. The lowest BCUT2D eigenvalue weighted by atomic mass is 10.1. The molecule has 0 radical (unpaired) electrons. The summed E-state index contributed by atoms with van der Waals surface area (Å²) in [7, 11) is 0. The summed E-state index contributed by atoms with van der Waals surface area (Å²) >= 11 is 0. The Kier molecular flexibility index (Phi) is 3.92. The van der Waals surface area contributed by atoms with E-state index in [-0.39, 0.29) is 11.6 Å². The van der Waals surface area contributed by atoms with Crippen LogP contribution in [0.15, 0.2) is 42.5 Å². The second-order valence-corrected chi connectivity index (χ2v) is 5.27. The minimum absolute atomic E-state index is 0.192. The van der Waals surface area contributed by atoms with E-state index in [9.17, 15) is 9.18 Å². The van der Waals surface area contributed by atoms with Crippen molar-refractivity contribution >= 4 is 17.7 Å². The quantitative estimate of drug-likeness (QED) is 0.877. The van der Waals surface area contributed by atoms with Crippen LogP contribution in [-0.4, -0.2) is 12.5 Å². The molecule has 3 nitrogen and oxygen atoms in total. The van der Waals surface area contributed by atoms with E-state index in [1.54, 1.807) is 18.2 Å². The standard InChI is InChI=1S/C18H16FNO2/c1-12-2-5-15(19)16(10-12)20-18(21)7-4-13-3-6-17-14(11-13)8-9-22-17/h2-7,10-11H,8-9H2,1H3,(H,20,21)/b7-4+. The van der Waals surface area contributed by atoms with Gasteiger partial charge in [-0.05, 0) is 54.0 Å². The molecule has 0 fully saturated rings. The number of amides is 1. The molecule has 4 heteroatoms. The van der Waals surface area contributed by atoms with Gasteiger partial charge in [-0.1, -0.05) is 12.1 Å². The molecule has 2 aromatic carbocycles. The second kappa shape index (κ2) is 6.02. The van der Waals surface area contributed by atoms with Crippen LogP contribution in [0.2, 0.25) is 0 Å². The highest BCUT2D eigenvalue weighted by Crippen LogP contribution is 2.26. The molecule has 1 aliphatic rings. The van der Waals surface area contributed by atoms with Gasteiger partial charge in [0.1, 0.15) is 11.6 Å². The molecular formula is C18H16FNO2. The lowest BCUT2D eigenvalue weighted by Crippen LogP contribution is -2.09. The van der Waals surface area contributed by atoms with Gasteiger partial charge in [0.2, 0.25) is 5.91 Å². The Bertz CT molecular complexity index is 753. The average Bonchev–Trinajstić information content (AvgIpc) is 2.96. The van der Waals surface area contributed by atoms with Crippen molar-refractivity contribution in [3.05, 3.63) is 65.0 Å². The summed E-state index contributed by atoms with van der Waals surface area (Å²) in [5, 5.41) is 2.55. The Balaban J connectivity index is 1.70. The number of fused-ring (bicyclic) bond motifs is 1. The second-order valence-electron chi connectivity index (χ2n) is 5.27. The van der Waals surface area contributed by atoms with E-state index in [1.165, 1.54) is 12.1 Å². The molecule has 0 spiro atoms. The molecule has 0 bridgehead atoms. The normalized spacial score (nSPS) is 13.0. The number of benzene rings is 2. The molecule has 112 valence electrons. The first-order valence-electron chi connectivity index (χ1n) is 7.13. The SMILES string of the molecule is Cc1ccc(F)c(NC(=O)/C=C/c2ccc3c(c2)CCO3)c1. The first kappa shape index (κ1) is 14.3. The number of hydrogen-bond acceptors (Lipinski definition) is 2. The van der Waals surface area contributed by atoms with Gasteiger partial charge in [-0.3, -0.25) is 4.79 Å². The zero-order valence-electron chi connectivity index (χ0n) is 12.2. The van der Waals surface area contributed by atoms with Crippen molar-refractivity contribution < 1.29 is 13.9 Å². The minimum Gasteiger partial charge on any atom is -0.493 e. The zero-order valence-corrected chi connectivity index (χ0v) is 12.2. The molecule has 0 saturated heterocycles. The Hall–Kier alpha value is -2.62. The number of halogens is 1. The Morgan fingerprint density at radius 2 is 2.14 bits per heavy atom. The summed E-state index contributed by atoms with van der Waals surface area (Å²) in [5.41, 5.74) is 3.15. The third-order valence-electron chi connectivity index (χ3n) is 3.52. The van der Waals surface area contributed by atoms with Gasteiger partial charge in [0.15, 0.2) is 0 Å². The van der Waals surface area contributed by atoms with E-state index in [2.05, 4.69) is 5.32 Å². The van der Waals surface area contributed by atoms with Crippen LogP contribution in [0.5, 0.6) is 5.75 Å². The van der Waals surface area contributed by atoms with Crippen molar-refractivity contribution in [2.24, 2.45) is 0 Å². The van der Waals surface area contributed by atoms with Gasteiger partial charge in [0, 0.05) is 12.5 Å². The van der Waals surface area contributed by atoms with Gasteiger partial charge in [-0.2, -0.15) is 0 Å². The Labute approximate surface area is 128 Å². The molecule has 22 heavy (non-hydrogen) atoms. The van der Waals surface area contributed by atoms with Crippen LogP contribution < -0.4 is 10.1 Å². The summed E-state index contributed by atoms with van der Waals surface area (Å²) in [4.78, 5) is 11.9. The summed E-state index contributed by atoms with van der Waals surface area (Å²) in [6.07, 6.45) is 4.00. The molecule has 0 atom stereocenters. The number of rotatable bonds is 3. The lowest BCUT2D eigenvalue weighted by Gasteiger charge is -2.05. The molecule has 0 aliphatic carbocycles. The highest BCUT2D eigenvalue weighted by molar-refractivity contribution is 6.02. The van der Waals surface area contributed by atoms with Gasteiger partial charge in [-0.25, -0.2) is 4.39 Å². The van der Waals surface area contributed by atoms with Gasteiger partial charge >= 0.3 is 0 Å². The zero-order chi connectivity index (χ0) is 15.5. The predicted molar refractivity (Wildman–Crippen MR) is 84.4 cm³/mol. The number of ether oxygens (including phenoxy) is 1. The third kappa shape index (κ3) is 3.17. The molecule has 1 amide bonds. The minimum atomic E-state index is -0.443. The van der Waals surface area contributed by atoms with Crippen molar-refractivity contribution in [2.75, 3.05) is 11.9 Å². The average molecular weight is 297 g/mol. The molecule has 1 heterocycles. The largest absolute Gasteiger partial charge is 0.493 e. The van der Waals surface area contributed by atoms with Gasteiger partial charge in [0.05, 0.1) is 12.3 Å². The number of hydrogen-bond donors (Lipinski definition) is 1. The maximum absolute atomic E-state index is 13.6. The van der Waals surface area contributed by atoms with E-state index in [4.69, 9.17) is 4.74 Å². The van der Waals surface area contributed by atoms with Gasteiger partial charge in [0.25, 0.3) is 0 Å². The van der Waals surface area contributed by atoms with Crippen molar-refractivity contribution in [1.82, 2.24) is 0 Å². The first-order valence-corrected chi connectivity index (χ1v) is 7.13. The van der Waals surface area contributed by atoms with Crippen LogP contribution >= 0.6 is 0 Å². The molecule has 1 aliphatic heterocycles. The van der Waals surface area contributed by atoms with Crippen LogP contribution in [-0.2, 0) is 11.2 Å². The molecule has 2 aromatic rings. The van der Waals surface area contributed by atoms with E-state index in [0.29, 0.717) is 6.61 Å². The highest BCUT2D eigenvalue weighted by Gasteiger charge is 2.11. The van der Waals surface area contributed by atoms with Crippen LogP contribution in [0.4, 0.5) is 10.1 Å². The van der Waals surface area contributed by atoms with E-state index in [1.807, 2.05) is 25.1 Å². The van der Waals surface area contributed by atoms with Crippen molar-refractivity contribution in [1.29, 1.82) is 0 Å². The maximum Gasteiger partial charge on any atom is 0.248 e. The fourth-order valence-corrected chi connectivity index (χ4v) is 2.39. The smallest absolute Gasteiger partial charge is 0.248 e. The third-order valence-corrected chi connectivity index (χ3v) is 3.52. The van der Waals surface area contributed by atoms with Crippen LogP contribution in [0.1, 0.15) is 16.7 Å². The summed E-state index contributed by atoms with van der Waals surface area (Å²) in [6, 6.07) is 10.4. The number of carbonyl (C=O) groups is 1. The molecule has 0 saturated carbocycles. The van der Waals surface area contributed by atoms with Gasteiger partial charge < -0.3 is 10.1 Å². The Morgan fingerprint density at radius 1 is 1.27 bits per heavy atom. The van der Waals surface area contributed by atoms with Gasteiger partial charge in [-0.15, -0.1) is 0 Å². The molecular weight excluding hydrogens is 281 g/mol. The molecule has 1 N–H and O–H groups in total. The first-order chi connectivity index (χ1) is 10.6. The number of carbonyl (C=O) groups excluding carboxylic acids is 1. The molecule has 0 aromatic heterocycles. The predicted octanol–water partition coefficient (Wildman–Crippen LogP) is 3.72. The number of nitrogens with one attached hydrogen (secondary N) is 1. The number of anilines is 1. The van der Waals surface area contributed by atoms with E-state index < -0.39 is 5.82 Å². The highest BCUT2D eigenvalue weighted by atomic mass is 19.1. The topological polar surface area (TPSA) is 38.3 Å². The van der Waals surface area contributed by atoms with Crippen molar-refractivity contribution in [3.63, 3.8) is 0 Å². The van der Waals surface area contributed by atoms with Crippen molar-refractivity contribution in [2.45, 2.75) is 13.3 Å². The molecule has 3 rings (SSSR count). The van der Waals surface area contributed by atoms with E-state index in [0.717, 1.165) is 28.9 Å². The van der Waals surface area contributed by atoms with Crippen molar-refractivity contribution in [3.8, 4) is 5.75 Å². The monoisotopic (exact) mass is 297 g/mol. The lowest BCUT2D eigenvalue weighted by molar-refractivity contribution is -0.111. The maximum atomic E-state index is 13.6. The summed E-state index contributed by atoms with van der Waals surface area (Å²) in [6.45, 7) is 2.55. The number of aryl methyl sites for hydroxylation is 1. The Morgan fingerprint density at radius 3 is 3.00 bits per heavy atom.